The molecular weight excluding hydrogens is 421 g/mol. The summed E-state index contributed by atoms with van der Waals surface area (Å²) in [6.45, 7) is 0.343. The highest BCUT2D eigenvalue weighted by Crippen LogP contribution is 2.25. The first-order valence-corrected chi connectivity index (χ1v) is 10.9. The van der Waals surface area contributed by atoms with Crippen LogP contribution in [0.25, 0.3) is 0 Å². The van der Waals surface area contributed by atoms with Gasteiger partial charge in [-0.3, -0.25) is 4.79 Å². The minimum absolute atomic E-state index is 0.0145. The summed E-state index contributed by atoms with van der Waals surface area (Å²) >= 11 is 12.1. The summed E-state index contributed by atoms with van der Waals surface area (Å²) in [5.74, 6) is -0.257. The van der Waals surface area contributed by atoms with Crippen LogP contribution in [0, 0.1) is 0 Å². The first kappa shape index (κ1) is 22.6. The van der Waals surface area contributed by atoms with Gasteiger partial charge in [-0.25, -0.2) is 13.1 Å². The number of amides is 1. The second-order valence-corrected chi connectivity index (χ2v) is 9.02. The molecule has 6 nitrogen and oxygen atoms in total. The van der Waals surface area contributed by atoms with E-state index in [2.05, 4.69) is 10.0 Å². The molecule has 0 aliphatic rings. The van der Waals surface area contributed by atoms with Gasteiger partial charge in [0, 0.05) is 29.6 Å². The second-order valence-electron chi connectivity index (χ2n) is 6.41. The Bertz CT molecular complexity index is 920. The van der Waals surface area contributed by atoms with Crippen molar-refractivity contribution in [2.24, 2.45) is 0 Å². The fraction of sp³-hybridized carbons (Fsp3) is 0.316. The van der Waals surface area contributed by atoms with Gasteiger partial charge in [-0.05, 0) is 43.9 Å². The van der Waals surface area contributed by atoms with Crippen molar-refractivity contribution in [1.29, 1.82) is 0 Å². The van der Waals surface area contributed by atoms with E-state index in [0.29, 0.717) is 16.6 Å². The molecule has 0 fully saturated rings. The predicted octanol–water partition coefficient (Wildman–Crippen LogP) is 3.08. The van der Waals surface area contributed by atoms with Gasteiger partial charge < -0.3 is 10.2 Å². The molecule has 2 N–H and O–H groups in total. The Morgan fingerprint density at radius 2 is 1.82 bits per heavy atom. The van der Waals surface area contributed by atoms with Crippen LogP contribution >= 0.6 is 23.2 Å². The molecule has 0 saturated heterocycles. The molecule has 0 bridgehead atoms. The number of rotatable bonds is 9. The minimum atomic E-state index is -3.71. The molecule has 152 valence electrons. The SMILES string of the molecule is CN(C)C(CNC(=O)CCNS(=O)(=O)c1cccc(Cl)c1)c1ccccc1Cl. The van der Waals surface area contributed by atoms with E-state index in [4.69, 9.17) is 23.2 Å². The number of hydrogen-bond acceptors (Lipinski definition) is 4. The number of likely N-dealkylation sites (N-methyl/N-ethyl adjacent to an activating group) is 1. The number of halogens is 2. The van der Waals surface area contributed by atoms with Crippen molar-refractivity contribution in [1.82, 2.24) is 14.9 Å². The lowest BCUT2D eigenvalue weighted by Gasteiger charge is -2.26. The van der Waals surface area contributed by atoms with E-state index in [9.17, 15) is 13.2 Å². The van der Waals surface area contributed by atoms with E-state index in [1.165, 1.54) is 12.1 Å². The van der Waals surface area contributed by atoms with Crippen LogP contribution in [0.2, 0.25) is 10.0 Å². The summed E-state index contributed by atoms with van der Waals surface area (Å²) < 4.78 is 26.8. The van der Waals surface area contributed by atoms with Crippen LogP contribution in [0.1, 0.15) is 18.0 Å². The fourth-order valence-electron chi connectivity index (χ4n) is 2.63. The van der Waals surface area contributed by atoms with Crippen LogP contribution in [-0.4, -0.2) is 46.4 Å². The largest absolute Gasteiger partial charge is 0.354 e. The van der Waals surface area contributed by atoms with Crippen LogP contribution in [0.15, 0.2) is 53.4 Å². The predicted molar refractivity (Wildman–Crippen MR) is 112 cm³/mol. The molecule has 2 aromatic carbocycles. The van der Waals surface area contributed by atoms with Gasteiger partial charge in [-0.2, -0.15) is 0 Å². The van der Waals surface area contributed by atoms with Gasteiger partial charge >= 0.3 is 0 Å². The Labute approximate surface area is 175 Å². The number of nitrogens with one attached hydrogen (secondary N) is 2. The maximum Gasteiger partial charge on any atom is 0.240 e. The van der Waals surface area contributed by atoms with Gasteiger partial charge in [0.1, 0.15) is 0 Å². The molecule has 0 aliphatic carbocycles. The van der Waals surface area contributed by atoms with Crippen molar-refractivity contribution in [2.45, 2.75) is 17.4 Å². The number of carbonyl (C=O) groups excluding carboxylic acids is 1. The molecule has 9 heteroatoms. The van der Waals surface area contributed by atoms with Gasteiger partial charge in [0.05, 0.1) is 10.9 Å². The van der Waals surface area contributed by atoms with Crippen LogP contribution in [-0.2, 0) is 14.8 Å². The number of carbonyl (C=O) groups is 1. The minimum Gasteiger partial charge on any atom is -0.354 e. The summed E-state index contributed by atoms with van der Waals surface area (Å²) in [6, 6.07) is 13.3. The van der Waals surface area contributed by atoms with Crippen molar-refractivity contribution in [3.8, 4) is 0 Å². The zero-order valence-electron chi connectivity index (χ0n) is 15.7. The van der Waals surface area contributed by atoms with Crippen LogP contribution in [0.3, 0.4) is 0 Å². The molecule has 2 aromatic rings. The standard InChI is InChI=1S/C19H23Cl2N3O3S/c1-24(2)18(16-8-3-4-9-17(16)21)13-22-19(25)10-11-23-28(26,27)15-7-5-6-14(20)12-15/h3-9,12,18,23H,10-11,13H2,1-2H3,(H,22,25). The van der Waals surface area contributed by atoms with Crippen LogP contribution in [0.5, 0.6) is 0 Å². The monoisotopic (exact) mass is 443 g/mol. The lowest BCUT2D eigenvalue weighted by Crippen LogP contribution is -2.36. The van der Waals surface area contributed by atoms with Crippen LogP contribution < -0.4 is 10.0 Å². The third-order valence-corrected chi connectivity index (χ3v) is 6.17. The number of hydrogen-bond donors (Lipinski definition) is 2. The van der Waals surface area contributed by atoms with Crippen molar-refractivity contribution in [2.75, 3.05) is 27.2 Å². The summed E-state index contributed by atoms with van der Waals surface area (Å²) in [5.41, 5.74) is 0.913. The normalized spacial score (nSPS) is 12.8. The Kier molecular flexibility index (Phi) is 8.27. The van der Waals surface area contributed by atoms with Gasteiger partial charge in [0.25, 0.3) is 0 Å². The molecule has 0 spiro atoms. The van der Waals surface area contributed by atoms with E-state index < -0.39 is 10.0 Å². The summed E-state index contributed by atoms with van der Waals surface area (Å²) in [5, 5.41) is 3.79. The number of benzene rings is 2. The molecule has 0 saturated carbocycles. The molecule has 0 aromatic heterocycles. The molecule has 1 atom stereocenters. The highest BCUT2D eigenvalue weighted by atomic mass is 35.5. The third kappa shape index (κ3) is 6.46. The van der Waals surface area contributed by atoms with Crippen molar-refractivity contribution in [3.05, 3.63) is 64.1 Å². The Morgan fingerprint density at radius 3 is 2.46 bits per heavy atom. The van der Waals surface area contributed by atoms with Crippen LogP contribution in [0.4, 0.5) is 0 Å². The van der Waals surface area contributed by atoms with Gasteiger partial charge in [-0.15, -0.1) is 0 Å². The Morgan fingerprint density at radius 1 is 1.11 bits per heavy atom. The molecule has 28 heavy (non-hydrogen) atoms. The summed E-state index contributed by atoms with van der Waals surface area (Å²) in [7, 11) is 0.0922. The first-order valence-electron chi connectivity index (χ1n) is 8.63. The number of sulfonamides is 1. The fourth-order valence-corrected chi connectivity index (χ4v) is 4.23. The quantitative estimate of drug-likeness (QED) is 0.623. The van der Waals surface area contributed by atoms with Gasteiger partial charge in [-0.1, -0.05) is 47.5 Å². The van der Waals surface area contributed by atoms with Crippen molar-refractivity contribution in [3.63, 3.8) is 0 Å². The molecule has 0 aliphatic heterocycles. The van der Waals surface area contributed by atoms with E-state index in [0.717, 1.165) is 5.56 Å². The average Bonchev–Trinajstić information content (AvgIpc) is 2.63. The lowest BCUT2D eigenvalue weighted by molar-refractivity contribution is -0.121. The van der Waals surface area contributed by atoms with Crippen molar-refractivity contribution < 1.29 is 13.2 Å². The maximum atomic E-state index is 12.2. The zero-order chi connectivity index (χ0) is 20.7. The highest BCUT2D eigenvalue weighted by Gasteiger charge is 2.18. The molecule has 2 rings (SSSR count). The van der Waals surface area contributed by atoms with E-state index in [1.807, 2.05) is 37.2 Å². The van der Waals surface area contributed by atoms with E-state index in [1.54, 1.807) is 18.2 Å². The number of nitrogens with zero attached hydrogens (tertiary/aromatic N) is 1. The van der Waals surface area contributed by atoms with Gasteiger partial charge in [0.15, 0.2) is 0 Å². The smallest absolute Gasteiger partial charge is 0.240 e. The van der Waals surface area contributed by atoms with Crippen molar-refractivity contribution >= 4 is 39.1 Å². The summed E-state index contributed by atoms with van der Waals surface area (Å²) in [6.07, 6.45) is 0.0163. The topological polar surface area (TPSA) is 78.5 Å². The second kappa shape index (κ2) is 10.2. The molecular formula is C19H23Cl2N3O3S. The summed E-state index contributed by atoms with van der Waals surface area (Å²) in [4.78, 5) is 14.2. The van der Waals surface area contributed by atoms with Gasteiger partial charge in [0.2, 0.25) is 15.9 Å². The van der Waals surface area contributed by atoms with E-state index in [-0.39, 0.29) is 29.8 Å². The maximum absolute atomic E-state index is 12.2. The third-order valence-electron chi connectivity index (χ3n) is 4.13. The average molecular weight is 444 g/mol. The molecule has 1 unspecified atom stereocenters. The molecule has 1 amide bonds. The zero-order valence-corrected chi connectivity index (χ0v) is 18.0. The Balaban J connectivity index is 1.87. The first-order chi connectivity index (χ1) is 13.2. The van der Waals surface area contributed by atoms with E-state index >= 15 is 0 Å². The Hall–Kier alpha value is -1.64. The molecule has 0 radical (unpaired) electrons. The lowest BCUT2D eigenvalue weighted by atomic mass is 10.1. The molecule has 0 heterocycles. The highest BCUT2D eigenvalue weighted by molar-refractivity contribution is 7.89.